The number of carbonyl (C=O) groups excluding carboxylic acids is 2. The van der Waals surface area contributed by atoms with Crippen LogP contribution in [-0.4, -0.2) is 87.4 Å². The van der Waals surface area contributed by atoms with E-state index in [9.17, 15) is 9.59 Å². The molecule has 1 aliphatic carbocycles. The number of piperazine rings is 1. The van der Waals surface area contributed by atoms with Crippen molar-refractivity contribution >= 4 is 33.8 Å². The Hall–Kier alpha value is -4.43. The van der Waals surface area contributed by atoms with Crippen LogP contribution < -0.4 is 0 Å². The average Bonchev–Trinajstić information content (AvgIpc) is 3.45. The number of hydrogen-bond donors (Lipinski definition) is 1. The van der Waals surface area contributed by atoms with E-state index >= 15 is 0 Å². The zero-order valence-corrected chi connectivity index (χ0v) is 25.2. The zero-order valence-electron chi connectivity index (χ0n) is 25.2. The Kier molecular flexibility index (Phi) is 6.74. The van der Waals surface area contributed by atoms with Gasteiger partial charge in [-0.25, -0.2) is 4.98 Å². The van der Waals surface area contributed by atoms with Crippen LogP contribution in [0.1, 0.15) is 29.6 Å². The van der Waals surface area contributed by atoms with Gasteiger partial charge in [-0.05, 0) is 85.1 Å². The number of nitrogens with zero attached hydrogens (tertiary/aromatic N) is 5. The number of benzene rings is 3. The number of rotatable bonds is 6. The van der Waals surface area contributed by atoms with Crippen molar-refractivity contribution in [3.05, 3.63) is 78.5 Å². The van der Waals surface area contributed by atoms with Crippen LogP contribution >= 0.6 is 0 Å². The molecule has 4 heterocycles. The standard InChI is InChI=1S/C36H38N6O2/c1-39-16-18-40(19-17-39)36(44)30-9-11-32-33(21-30)42(23-24-13-15-41(22-24)35(43)27-6-7-27)34(38-32)26-4-2-25(3-5-26)28-8-10-31-29(20-28)12-14-37-31/h2-5,8-12,14,20-21,24,27,37H,6-7,13,15-19,22-23H2,1H3. The van der Waals surface area contributed by atoms with Gasteiger partial charge >= 0.3 is 0 Å². The molecule has 2 aliphatic heterocycles. The quantitative estimate of drug-likeness (QED) is 0.285. The number of hydrogen-bond acceptors (Lipinski definition) is 4. The van der Waals surface area contributed by atoms with Gasteiger partial charge in [0.25, 0.3) is 5.91 Å². The van der Waals surface area contributed by atoms with E-state index in [0.29, 0.717) is 17.4 Å². The van der Waals surface area contributed by atoms with Gasteiger partial charge in [0.15, 0.2) is 0 Å². The largest absolute Gasteiger partial charge is 0.361 e. The van der Waals surface area contributed by atoms with Gasteiger partial charge in [-0.15, -0.1) is 0 Å². The summed E-state index contributed by atoms with van der Waals surface area (Å²) in [6.07, 6.45) is 5.03. The molecule has 3 fully saturated rings. The van der Waals surface area contributed by atoms with Crippen molar-refractivity contribution in [2.45, 2.75) is 25.8 Å². The van der Waals surface area contributed by atoms with Gasteiger partial charge in [-0.3, -0.25) is 9.59 Å². The maximum Gasteiger partial charge on any atom is 0.254 e. The van der Waals surface area contributed by atoms with E-state index in [2.05, 4.69) is 74.9 Å². The lowest BCUT2D eigenvalue weighted by molar-refractivity contribution is -0.131. The first-order chi connectivity index (χ1) is 21.5. The van der Waals surface area contributed by atoms with Gasteiger partial charge in [0.1, 0.15) is 5.82 Å². The molecule has 2 amide bonds. The Morgan fingerprint density at radius 3 is 2.39 bits per heavy atom. The molecule has 44 heavy (non-hydrogen) atoms. The Morgan fingerprint density at radius 2 is 1.59 bits per heavy atom. The molecule has 5 aromatic rings. The lowest BCUT2D eigenvalue weighted by Gasteiger charge is -2.32. The van der Waals surface area contributed by atoms with E-state index in [-0.39, 0.29) is 11.8 Å². The van der Waals surface area contributed by atoms with Gasteiger partial charge in [0, 0.05) is 74.6 Å². The third kappa shape index (κ3) is 5.07. The molecule has 8 rings (SSSR count). The number of likely N-dealkylation sites (tertiary alicyclic amines) is 1. The average molecular weight is 587 g/mol. The molecule has 0 radical (unpaired) electrons. The number of likely N-dealkylation sites (N-methyl/N-ethyl adjacent to an activating group) is 1. The highest BCUT2D eigenvalue weighted by atomic mass is 16.2. The number of H-pyrrole nitrogens is 1. The summed E-state index contributed by atoms with van der Waals surface area (Å²) in [5, 5.41) is 1.20. The first kappa shape index (κ1) is 27.1. The topological polar surface area (TPSA) is 77.5 Å². The fourth-order valence-electron chi connectivity index (χ4n) is 6.93. The van der Waals surface area contributed by atoms with Crippen LogP contribution in [0.5, 0.6) is 0 Å². The number of imidazole rings is 1. The highest BCUT2D eigenvalue weighted by Gasteiger charge is 2.37. The van der Waals surface area contributed by atoms with Gasteiger partial charge in [-0.2, -0.15) is 0 Å². The van der Waals surface area contributed by atoms with Crippen molar-refractivity contribution in [3.63, 3.8) is 0 Å². The third-order valence-corrected chi connectivity index (χ3v) is 9.78. The molecule has 2 saturated heterocycles. The molecule has 3 aromatic carbocycles. The lowest BCUT2D eigenvalue weighted by Crippen LogP contribution is -2.47. The summed E-state index contributed by atoms with van der Waals surface area (Å²) in [6.45, 7) is 5.65. The number of nitrogens with one attached hydrogen (secondary N) is 1. The fourth-order valence-corrected chi connectivity index (χ4v) is 6.93. The van der Waals surface area contributed by atoms with E-state index in [4.69, 9.17) is 4.98 Å². The first-order valence-electron chi connectivity index (χ1n) is 15.9. The number of carbonyl (C=O) groups is 2. The summed E-state index contributed by atoms with van der Waals surface area (Å²) in [6, 6.07) is 23.2. The molecule has 1 saturated carbocycles. The lowest BCUT2D eigenvalue weighted by atomic mass is 10.0. The molecule has 2 aromatic heterocycles. The second-order valence-electron chi connectivity index (χ2n) is 12.9. The van der Waals surface area contributed by atoms with Crippen molar-refractivity contribution in [1.82, 2.24) is 29.2 Å². The highest BCUT2D eigenvalue weighted by molar-refractivity contribution is 5.98. The van der Waals surface area contributed by atoms with Crippen LogP contribution in [0.15, 0.2) is 72.9 Å². The Morgan fingerprint density at radius 1 is 0.818 bits per heavy atom. The van der Waals surface area contributed by atoms with E-state index < -0.39 is 0 Å². The number of amides is 2. The molecule has 8 heteroatoms. The van der Waals surface area contributed by atoms with E-state index in [1.807, 2.05) is 29.3 Å². The van der Waals surface area contributed by atoms with Crippen molar-refractivity contribution in [3.8, 4) is 22.5 Å². The predicted molar refractivity (Wildman–Crippen MR) is 173 cm³/mol. The second kappa shape index (κ2) is 10.9. The molecule has 1 N–H and O–H groups in total. The molecule has 0 bridgehead atoms. The molecule has 1 atom stereocenters. The molecule has 3 aliphatic rings. The minimum atomic E-state index is 0.0834. The van der Waals surface area contributed by atoms with Crippen molar-refractivity contribution in [2.75, 3.05) is 46.3 Å². The van der Waals surface area contributed by atoms with E-state index in [1.54, 1.807) is 0 Å². The minimum absolute atomic E-state index is 0.0834. The van der Waals surface area contributed by atoms with E-state index in [1.165, 1.54) is 10.9 Å². The van der Waals surface area contributed by atoms with Crippen molar-refractivity contribution in [1.29, 1.82) is 0 Å². The molecule has 0 spiro atoms. The van der Waals surface area contributed by atoms with Gasteiger partial charge in [0.2, 0.25) is 5.91 Å². The van der Waals surface area contributed by atoms with E-state index in [0.717, 1.165) is 98.6 Å². The summed E-state index contributed by atoms with van der Waals surface area (Å²) in [5.41, 5.74) is 7.09. The van der Waals surface area contributed by atoms with Crippen molar-refractivity contribution < 1.29 is 9.59 Å². The first-order valence-corrected chi connectivity index (χ1v) is 15.9. The van der Waals surface area contributed by atoms with Crippen LogP contribution in [0.3, 0.4) is 0 Å². The Labute approximate surface area is 257 Å². The summed E-state index contributed by atoms with van der Waals surface area (Å²) < 4.78 is 2.30. The van der Waals surface area contributed by atoms with Crippen LogP contribution in [0.4, 0.5) is 0 Å². The summed E-state index contributed by atoms with van der Waals surface area (Å²) in [4.78, 5) is 41.0. The minimum Gasteiger partial charge on any atom is -0.361 e. The van der Waals surface area contributed by atoms with Gasteiger partial charge in [-0.1, -0.05) is 30.3 Å². The number of aromatic nitrogens is 3. The maximum absolute atomic E-state index is 13.5. The van der Waals surface area contributed by atoms with Gasteiger partial charge in [0.05, 0.1) is 11.0 Å². The molecule has 224 valence electrons. The molecular formula is C36H38N6O2. The molecule has 8 nitrogen and oxygen atoms in total. The highest BCUT2D eigenvalue weighted by Crippen LogP contribution is 2.35. The maximum atomic E-state index is 13.5. The smallest absolute Gasteiger partial charge is 0.254 e. The summed E-state index contributed by atoms with van der Waals surface area (Å²) in [7, 11) is 2.10. The number of aromatic amines is 1. The SMILES string of the molecule is CN1CCN(C(=O)c2ccc3nc(-c4ccc(-c5ccc6[nH]ccc6c5)cc4)n(CC4CCN(C(=O)C5CC5)C4)c3c2)CC1. The van der Waals surface area contributed by atoms with Crippen molar-refractivity contribution in [2.24, 2.45) is 11.8 Å². The monoisotopic (exact) mass is 586 g/mol. The van der Waals surface area contributed by atoms with Crippen LogP contribution in [-0.2, 0) is 11.3 Å². The van der Waals surface area contributed by atoms with Crippen LogP contribution in [0.25, 0.3) is 44.5 Å². The van der Waals surface area contributed by atoms with Crippen LogP contribution in [0.2, 0.25) is 0 Å². The number of fused-ring (bicyclic) bond motifs is 2. The zero-order chi connectivity index (χ0) is 29.8. The predicted octanol–water partition coefficient (Wildman–Crippen LogP) is 5.50. The van der Waals surface area contributed by atoms with Gasteiger partial charge < -0.3 is 24.3 Å². The Balaban J connectivity index is 1.13. The molecular weight excluding hydrogens is 548 g/mol. The van der Waals surface area contributed by atoms with Crippen LogP contribution in [0, 0.1) is 11.8 Å². The second-order valence-corrected chi connectivity index (χ2v) is 12.9. The molecule has 1 unspecified atom stereocenters. The summed E-state index contributed by atoms with van der Waals surface area (Å²) >= 11 is 0. The fraction of sp³-hybridized carbons (Fsp3) is 0.361. The normalized spacial score (nSPS) is 19.3. The Bertz CT molecular complexity index is 1860. The summed E-state index contributed by atoms with van der Waals surface area (Å²) in [5.74, 6) is 1.91. The third-order valence-electron chi connectivity index (χ3n) is 9.78.